The van der Waals surface area contributed by atoms with Gasteiger partial charge >= 0.3 is 5.97 Å². The van der Waals surface area contributed by atoms with Crippen LogP contribution in [0.4, 0.5) is 0 Å². The molecule has 0 heterocycles. The van der Waals surface area contributed by atoms with Gasteiger partial charge in [-0.1, -0.05) is 63.7 Å². The van der Waals surface area contributed by atoms with E-state index in [1.165, 1.54) is 43.0 Å². The molecule has 0 radical (unpaired) electrons. The average molecular weight is 385 g/mol. The predicted molar refractivity (Wildman–Crippen MR) is 113 cm³/mol. The molecule has 0 saturated heterocycles. The van der Waals surface area contributed by atoms with Gasteiger partial charge in [0.15, 0.2) is 0 Å². The first-order valence-electron chi connectivity index (χ1n) is 10.7. The van der Waals surface area contributed by atoms with Gasteiger partial charge < -0.3 is 4.74 Å². The lowest BCUT2D eigenvalue weighted by molar-refractivity contribution is -0.137. The third-order valence-electron chi connectivity index (χ3n) is 8.45. The molecule has 6 atom stereocenters. The number of ether oxygens (including phenoxy) is 1. The van der Waals surface area contributed by atoms with Crippen LogP contribution in [0.15, 0.2) is 35.5 Å². The molecule has 146 valence electrons. The maximum absolute atomic E-state index is 12.9. The van der Waals surface area contributed by atoms with E-state index in [1.54, 1.807) is 0 Å². The van der Waals surface area contributed by atoms with E-state index in [0.29, 0.717) is 23.2 Å². The van der Waals surface area contributed by atoms with Crippen molar-refractivity contribution in [2.75, 3.05) is 6.61 Å². The van der Waals surface area contributed by atoms with Gasteiger partial charge in [-0.25, -0.2) is 4.79 Å². The van der Waals surface area contributed by atoms with Gasteiger partial charge in [0.1, 0.15) is 6.61 Å². The molecule has 0 unspecified atom stereocenters. The molecule has 4 rings (SSSR count). The molecular formula is C24H32O2S. The molecule has 0 spiro atoms. The van der Waals surface area contributed by atoms with E-state index in [1.807, 2.05) is 0 Å². The number of carbonyl (C=O) groups excluding carboxylic acids is 1. The summed E-state index contributed by atoms with van der Waals surface area (Å²) in [5.74, 6) is 2.38. The zero-order valence-electron chi connectivity index (χ0n) is 16.9. The Morgan fingerprint density at radius 1 is 1.30 bits per heavy atom. The topological polar surface area (TPSA) is 26.3 Å². The fourth-order valence-corrected chi connectivity index (χ4v) is 7.15. The first-order chi connectivity index (χ1) is 13.0. The SMILES string of the molecule is CC[C@H]1CC[C@H]2[C@@H]3C=C(C(=O)OCC=S)C4=CCC=C[C@]4(C)[C@H]3CC[C@]12C. The highest BCUT2D eigenvalue weighted by Crippen LogP contribution is 2.65. The number of fused-ring (bicyclic) bond motifs is 5. The second-order valence-electron chi connectivity index (χ2n) is 9.40. The Kier molecular flexibility index (Phi) is 4.95. The second kappa shape index (κ2) is 6.99. The molecular weight excluding hydrogens is 352 g/mol. The molecule has 4 aliphatic carbocycles. The third kappa shape index (κ3) is 2.80. The van der Waals surface area contributed by atoms with Crippen molar-refractivity contribution in [3.8, 4) is 0 Å². The Hall–Kier alpha value is -1.22. The molecule has 2 fully saturated rings. The minimum Gasteiger partial charge on any atom is -0.457 e. The zero-order valence-corrected chi connectivity index (χ0v) is 17.7. The largest absolute Gasteiger partial charge is 0.457 e. The summed E-state index contributed by atoms with van der Waals surface area (Å²) in [5, 5.41) is 1.49. The zero-order chi connectivity index (χ0) is 19.2. The lowest BCUT2D eigenvalue weighted by Gasteiger charge is -2.55. The Morgan fingerprint density at radius 3 is 2.85 bits per heavy atom. The van der Waals surface area contributed by atoms with Gasteiger partial charge in [-0.2, -0.15) is 0 Å². The van der Waals surface area contributed by atoms with E-state index in [-0.39, 0.29) is 18.0 Å². The molecule has 27 heavy (non-hydrogen) atoms. The fourth-order valence-electron chi connectivity index (χ4n) is 7.09. The summed E-state index contributed by atoms with van der Waals surface area (Å²) in [6, 6.07) is 0. The van der Waals surface area contributed by atoms with E-state index >= 15 is 0 Å². The van der Waals surface area contributed by atoms with Crippen molar-refractivity contribution >= 4 is 23.6 Å². The Bertz CT molecular complexity index is 733. The lowest BCUT2D eigenvalue weighted by Crippen LogP contribution is -2.49. The molecule has 2 nitrogen and oxygen atoms in total. The Balaban J connectivity index is 1.77. The maximum Gasteiger partial charge on any atom is 0.338 e. The van der Waals surface area contributed by atoms with Gasteiger partial charge in [-0.15, -0.1) is 0 Å². The summed E-state index contributed by atoms with van der Waals surface area (Å²) in [5.41, 5.74) is 2.37. The van der Waals surface area contributed by atoms with Crippen molar-refractivity contribution in [1.82, 2.24) is 0 Å². The molecule has 2 saturated carbocycles. The Labute approximate surface area is 169 Å². The van der Waals surface area contributed by atoms with Crippen LogP contribution in [0.3, 0.4) is 0 Å². The van der Waals surface area contributed by atoms with Gasteiger partial charge in [0.05, 0.1) is 5.57 Å². The summed E-state index contributed by atoms with van der Waals surface area (Å²) >= 11 is 4.86. The number of hydrogen-bond acceptors (Lipinski definition) is 3. The summed E-state index contributed by atoms with van der Waals surface area (Å²) in [6.07, 6.45) is 16.6. The highest BCUT2D eigenvalue weighted by atomic mass is 32.1. The highest BCUT2D eigenvalue weighted by Gasteiger charge is 2.58. The minimum absolute atomic E-state index is 0.0463. The van der Waals surface area contributed by atoms with Crippen molar-refractivity contribution in [2.45, 2.75) is 59.3 Å². The van der Waals surface area contributed by atoms with Crippen LogP contribution >= 0.6 is 12.2 Å². The second-order valence-corrected chi connectivity index (χ2v) is 9.73. The number of thiocarbonyl (C=S) groups is 1. The first-order valence-corrected chi connectivity index (χ1v) is 11.1. The predicted octanol–water partition coefficient (Wildman–Crippen LogP) is 5.83. The lowest BCUT2D eigenvalue weighted by atomic mass is 9.48. The summed E-state index contributed by atoms with van der Waals surface area (Å²) < 4.78 is 5.45. The molecule has 3 heteroatoms. The smallest absolute Gasteiger partial charge is 0.338 e. The molecule has 0 aliphatic heterocycles. The Morgan fingerprint density at radius 2 is 2.11 bits per heavy atom. The molecule has 0 bridgehead atoms. The van der Waals surface area contributed by atoms with Crippen molar-refractivity contribution in [1.29, 1.82) is 0 Å². The van der Waals surface area contributed by atoms with E-state index in [2.05, 4.69) is 45.1 Å². The van der Waals surface area contributed by atoms with E-state index in [9.17, 15) is 4.79 Å². The normalized spacial score (nSPS) is 42.3. The molecule has 0 aromatic rings. The van der Waals surface area contributed by atoms with Crippen molar-refractivity contribution in [3.63, 3.8) is 0 Å². The average Bonchev–Trinajstić information content (AvgIpc) is 3.01. The van der Waals surface area contributed by atoms with Crippen LogP contribution in [0.25, 0.3) is 0 Å². The number of esters is 1. The van der Waals surface area contributed by atoms with Gasteiger partial charge in [-0.3, -0.25) is 0 Å². The number of rotatable bonds is 4. The maximum atomic E-state index is 12.9. The fraction of sp³-hybridized carbons (Fsp3) is 0.667. The molecule has 4 aliphatic rings. The van der Waals surface area contributed by atoms with Gasteiger partial charge in [0, 0.05) is 10.8 Å². The monoisotopic (exact) mass is 384 g/mol. The van der Waals surface area contributed by atoms with Crippen LogP contribution in [-0.4, -0.2) is 17.9 Å². The molecule has 0 N–H and O–H groups in total. The van der Waals surface area contributed by atoms with Crippen LogP contribution in [0.2, 0.25) is 0 Å². The van der Waals surface area contributed by atoms with Crippen LogP contribution < -0.4 is 0 Å². The summed E-state index contributed by atoms with van der Waals surface area (Å²) in [7, 11) is 0. The van der Waals surface area contributed by atoms with Crippen LogP contribution in [0.5, 0.6) is 0 Å². The highest BCUT2D eigenvalue weighted by molar-refractivity contribution is 7.79. The van der Waals surface area contributed by atoms with Gasteiger partial charge in [-0.05, 0) is 66.8 Å². The standard InChI is InChI=1S/C24H32O2S/c1-4-16-8-9-20-17-15-18(22(25)26-13-14-27)19-7-5-6-11-24(19,3)21(17)10-12-23(16,20)2/h6-7,11,14-17,20-21H,4-5,8-10,12-13H2,1-3H3/t16-,17-,20-,21-,23+,24-/m0/s1. The number of hydrogen-bond donors (Lipinski definition) is 0. The quantitative estimate of drug-likeness (QED) is 0.346. The van der Waals surface area contributed by atoms with E-state index < -0.39 is 0 Å². The molecule has 0 aromatic heterocycles. The summed E-state index contributed by atoms with van der Waals surface area (Å²) in [6.45, 7) is 7.43. The van der Waals surface area contributed by atoms with E-state index in [0.717, 1.165) is 17.9 Å². The van der Waals surface area contributed by atoms with Gasteiger partial charge in [0.25, 0.3) is 0 Å². The van der Waals surface area contributed by atoms with Crippen LogP contribution in [0.1, 0.15) is 59.3 Å². The van der Waals surface area contributed by atoms with Gasteiger partial charge in [0.2, 0.25) is 0 Å². The van der Waals surface area contributed by atoms with E-state index in [4.69, 9.17) is 17.0 Å². The molecule has 0 amide bonds. The summed E-state index contributed by atoms with van der Waals surface area (Å²) in [4.78, 5) is 12.9. The van der Waals surface area contributed by atoms with Crippen LogP contribution in [-0.2, 0) is 9.53 Å². The number of allylic oxidation sites excluding steroid dienone is 4. The van der Waals surface area contributed by atoms with Crippen molar-refractivity contribution in [3.05, 3.63) is 35.5 Å². The van der Waals surface area contributed by atoms with Crippen molar-refractivity contribution in [2.24, 2.45) is 34.5 Å². The number of carbonyl (C=O) groups is 1. The third-order valence-corrected chi connectivity index (χ3v) is 8.58. The van der Waals surface area contributed by atoms with Crippen molar-refractivity contribution < 1.29 is 9.53 Å². The molecule has 0 aromatic carbocycles. The minimum atomic E-state index is -0.195. The first kappa shape index (κ1) is 19.1. The van der Waals surface area contributed by atoms with Crippen LogP contribution in [0, 0.1) is 34.5 Å².